The number of benzene rings is 3. The highest BCUT2D eigenvalue weighted by Gasteiger charge is 2.42. The number of imide groups is 1. The van der Waals surface area contributed by atoms with Crippen molar-refractivity contribution in [1.82, 2.24) is 0 Å². The lowest BCUT2D eigenvalue weighted by Crippen LogP contribution is -2.34. The molecule has 0 unspecified atom stereocenters. The second-order valence-electron chi connectivity index (χ2n) is 8.17. The zero-order valence-corrected chi connectivity index (χ0v) is 19.0. The molecule has 0 spiro atoms. The zero-order valence-electron chi connectivity index (χ0n) is 19.0. The molecule has 0 atom stereocenters. The van der Waals surface area contributed by atoms with Crippen LogP contribution in [0.5, 0.6) is 0 Å². The molecule has 0 aromatic heterocycles. The molecule has 1 aliphatic rings. The number of rotatable bonds is 5. The van der Waals surface area contributed by atoms with Gasteiger partial charge in [-0.05, 0) is 66.9 Å². The largest absolute Gasteiger partial charge is 0.339 e. The fourth-order valence-electron chi connectivity index (χ4n) is 4.11. The van der Waals surface area contributed by atoms with E-state index in [0.29, 0.717) is 28.2 Å². The molecule has 1 N–H and O–H groups in total. The Hall–Kier alpha value is -4.19. The van der Waals surface area contributed by atoms with Gasteiger partial charge < -0.3 is 10.2 Å². The smallest absolute Gasteiger partial charge is 0.282 e. The molecule has 0 saturated heterocycles. The van der Waals surface area contributed by atoms with Gasteiger partial charge in [0.05, 0.1) is 11.3 Å². The second kappa shape index (κ2) is 8.74. The number of hydrogen-bond acceptors (Lipinski definition) is 4. The normalized spacial score (nSPS) is 13.5. The van der Waals surface area contributed by atoms with Gasteiger partial charge in [0.15, 0.2) is 0 Å². The van der Waals surface area contributed by atoms with Crippen LogP contribution in [0, 0.1) is 13.8 Å². The topological polar surface area (TPSA) is 69.7 Å². The first kappa shape index (κ1) is 22.0. The third kappa shape index (κ3) is 4.28. The molecule has 0 bridgehead atoms. The van der Waals surface area contributed by atoms with E-state index in [1.165, 1.54) is 11.8 Å². The van der Waals surface area contributed by atoms with Crippen LogP contribution in [0.4, 0.5) is 17.1 Å². The van der Waals surface area contributed by atoms with Gasteiger partial charge in [0.1, 0.15) is 5.70 Å². The van der Waals surface area contributed by atoms with Crippen molar-refractivity contribution in [1.29, 1.82) is 0 Å². The van der Waals surface area contributed by atoms with Gasteiger partial charge in [-0.15, -0.1) is 0 Å². The highest BCUT2D eigenvalue weighted by atomic mass is 16.2. The van der Waals surface area contributed by atoms with Gasteiger partial charge in [0.2, 0.25) is 5.91 Å². The maximum atomic E-state index is 13.7. The first-order chi connectivity index (χ1) is 15.8. The summed E-state index contributed by atoms with van der Waals surface area (Å²) in [6.07, 6.45) is 0. The molecule has 4 rings (SSSR count). The van der Waals surface area contributed by atoms with Crippen molar-refractivity contribution in [2.45, 2.75) is 20.8 Å². The minimum atomic E-state index is -0.380. The van der Waals surface area contributed by atoms with Gasteiger partial charge in [-0.25, -0.2) is 4.90 Å². The Morgan fingerprint density at radius 3 is 2.03 bits per heavy atom. The summed E-state index contributed by atoms with van der Waals surface area (Å²) in [5, 5.41) is 2.72. The van der Waals surface area contributed by atoms with E-state index in [4.69, 9.17) is 0 Å². The molecule has 1 aliphatic heterocycles. The summed E-state index contributed by atoms with van der Waals surface area (Å²) in [4.78, 5) is 41.8. The lowest BCUT2D eigenvalue weighted by molar-refractivity contribution is -0.120. The Labute approximate surface area is 193 Å². The average Bonchev–Trinajstić information content (AvgIpc) is 3.03. The Kier molecular flexibility index (Phi) is 5.84. The van der Waals surface area contributed by atoms with Crippen molar-refractivity contribution < 1.29 is 14.4 Å². The molecule has 33 heavy (non-hydrogen) atoms. The molecular weight excluding hydrogens is 414 g/mol. The molecule has 0 fully saturated rings. The number of carbonyl (C=O) groups excluding carboxylic acids is 3. The molecule has 0 aliphatic carbocycles. The molecule has 0 saturated carbocycles. The Bertz CT molecular complexity index is 1260. The standard InChI is InChI=1S/C27H25N3O3/c1-17-14-18(2)16-23(15-17)30-26(32)24(20-10-12-21(13-11-20)28-19(3)31)25(27(30)33)29(4)22-8-6-5-7-9-22/h5-16H,1-4H3,(H,28,31). The van der Waals surface area contributed by atoms with Gasteiger partial charge in [0.25, 0.3) is 11.8 Å². The maximum absolute atomic E-state index is 13.7. The number of amides is 3. The van der Waals surface area contributed by atoms with E-state index in [0.717, 1.165) is 16.8 Å². The van der Waals surface area contributed by atoms with E-state index >= 15 is 0 Å². The molecule has 1 heterocycles. The van der Waals surface area contributed by atoms with Crippen molar-refractivity contribution in [3.8, 4) is 0 Å². The van der Waals surface area contributed by atoms with E-state index in [1.54, 1.807) is 36.2 Å². The molecule has 3 amide bonds. The van der Waals surface area contributed by atoms with E-state index in [2.05, 4.69) is 5.32 Å². The highest BCUT2D eigenvalue weighted by molar-refractivity contribution is 6.46. The Morgan fingerprint density at radius 1 is 0.848 bits per heavy atom. The number of likely N-dealkylation sites (N-methyl/N-ethyl adjacent to an activating group) is 1. The van der Waals surface area contributed by atoms with Crippen LogP contribution in [0.3, 0.4) is 0 Å². The molecule has 6 heteroatoms. The van der Waals surface area contributed by atoms with Crippen molar-refractivity contribution in [3.63, 3.8) is 0 Å². The predicted octanol–water partition coefficient (Wildman–Crippen LogP) is 4.68. The molecule has 166 valence electrons. The van der Waals surface area contributed by atoms with Gasteiger partial charge in [-0.1, -0.05) is 36.4 Å². The SMILES string of the molecule is CC(=O)Nc1ccc(C2=C(N(C)c3ccccc3)C(=O)N(c3cc(C)cc(C)c3)C2=O)cc1. The minimum Gasteiger partial charge on any atom is -0.339 e. The molecule has 6 nitrogen and oxygen atoms in total. The van der Waals surface area contributed by atoms with Gasteiger partial charge in [0, 0.05) is 25.3 Å². The summed E-state index contributed by atoms with van der Waals surface area (Å²) in [7, 11) is 1.78. The number of aryl methyl sites for hydroxylation is 2. The molecule has 3 aromatic carbocycles. The highest BCUT2D eigenvalue weighted by Crippen LogP contribution is 2.37. The first-order valence-electron chi connectivity index (χ1n) is 10.6. The van der Waals surface area contributed by atoms with Crippen molar-refractivity contribution in [2.75, 3.05) is 22.2 Å². The number of hydrogen-bond donors (Lipinski definition) is 1. The summed E-state index contributed by atoms with van der Waals surface area (Å²) >= 11 is 0. The summed E-state index contributed by atoms with van der Waals surface area (Å²) in [5.74, 6) is -0.938. The average molecular weight is 440 g/mol. The lowest BCUT2D eigenvalue weighted by atomic mass is 10.0. The van der Waals surface area contributed by atoms with Crippen LogP contribution in [-0.4, -0.2) is 24.8 Å². The molecule has 3 aromatic rings. The van der Waals surface area contributed by atoms with Crippen LogP contribution in [-0.2, 0) is 14.4 Å². The number of nitrogens with zero attached hydrogens (tertiary/aromatic N) is 2. The summed E-state index contributed by atoms with van der Waals surface area (Å²) in [5.41, 5.74) is 5.13. The van der Waals surface area contributed by atoms with Gasteiger partial charge in [-0.2, -0.15) is 0 Å². The first-order valence-corrected chi connectivity index (χ1v) is 10.6. The second-order valence-corrected chi connectivity index (χ2v) is 8.17. The van der Waals surface area contributed by atoms with Gasteiger partial charge in [-0.3, -0.25) is 14.4 Å². The monoisotopic (exact) mass is 439 g/mol. The van der Waals surface area contributed by atoms with E-state index in [1.807, 2.05) is 62.4 Å². The van der Waals surface area contributed by atoms with Crippen molar-refractivity contribution in [2.24, 2.45) is 0 Å². The van der Waals surface area contributed by atoms with Crippen LogP contribution in [0.2, 0.25) is 0 Å². The summed E-state index contributed by atoms with van der Waals surface area (Å²) < 4.78 is 0. The van der Waals surface area contributed by atoms with E-state index < -0.39 is 0 Å². The maximum Gasteiger partial charge on any atom is 0.282 e. The number of anilines is 3. The van der Waals surface area contributed by atoms with Gasteiger partial charge >= 0.3 is 0 Å². The van der Waals surface area contributed by atoms with Crippen molar-refractivity contribution >= 4 is 40.4 Å². The van der Waals surface area contributed by atoms with Crippen LogP contribution >= 0.6 is 0 Å². The minimum absolute atomic E-state index is 0.181. The molecule has 0 radical (unpaired) electrons. The third-order valence-electron chi connectivity index (χ3n) is 5.50. The molecular formula is C27H25N3O3. The Morgan fingerprint density at radius 2 is 1.45 bits per heavy atom. The predicted molar refractivity (Wildman–Crippen MR) is 131 cm³/mol. The number of carbonyl (C=O) groups is 3. The number of nitrogens with one attached hydrogen (secondary N) is 1. The van der Waals surface area contributed by atoms with E-state index in [9.17, 15) is 14.4 Å². The van der Waals surface area contributed by atoms with Crippen LogP contribution in [0.25, 0.3) is 5.57 Å². The van der Waals surface area contributed by atoms with E-state index in [-0.39, 0.29) is 17.7 Å². The summed E-state index contributed by atoms with van der Waals surface area (Å²) in [6, 6.07) is 22.1. The fourth-order valence-corrected chi connectivity index (χ4v) is 4.11. The lowest BCUT2D eigenvalue weighted by Gasteiger charge is -2.22. The van der Waals surface area contributed by atoms with Crippen LogP contribution < -0.4 is 15.1 Å². The third-order valence-corrected chi connectivity index (χ3v) is 5.50. The van der Waals surface area contributed by atoms with Crippen LogP contribution in [0.1, 0.15) is 23.6 Å². The van der Waals surface area contributed by atoms with Crippen molar-refractivity contribution in [3.05, 3.63) is 95.2 Å². The fraction of sp³-hybridized carbons (Fsp3) is 0.148. The quantitative estimate of drug-likeness (QED) is 0.586. The van der Waals surface area contributed by atoms with Crippen LogP contribution in [0.15, 0.2) is 78.5 Å². The number of para-hydroxylation sites is 1. The summed E-state index contributed by atoms with van der Waals surface area (Å²) in [6.45, 7) is 5.31. The Balaban J connectivity index is 1.85. The zero-order chi connectivity index (χ0) is 23.7.